The molecule has 1 saturated heterocycles. The number of hydrazine groups is 1. The van der Waals surface area contributed by atoms with Crippen LogP contribution in [0.1, 0.15) is 233 Å². The minimum Gasteiger partial charge on any atom is -0.481 e. The summed E-state index contributed by atoms with van der Waals surface area (Å²) in [6.07, 6.45) is 39.0. The summed E-state index contributed by atoms with van der Waals surface area (Å²) in [5.41, 5.74) is 0. The van der Waals surface area contributed by atoms with E-state index in [1.54, 1.807) is 0 Å². The number of nitrogens with zero attached hydrogens (tertiary/aromatic N) is 5. The van der Waals surface area contributed by atoms with Crippen LogP contribution < -0.4 is 0 Å². The quantitative estimate of drug-likeness (QED) is 0.0473. The maximum atomic E-state index is 14.0. The fourth-order valence-corrected chi connectivity index (χ4v) is 8.98. The second-order valence-corrected chi connectivity index (χ2v) is 18.8. The fourth-order valence-electron chi connectivity index (χ4n) is 8.98. The number of rotatable bonds is 46. The Labute approximate surface area is 384 Å². The highest BCUT2D eigenvalue weighted by Crippen LogP contribution is 2.16. The summed E-state index contributed by atoms with van der Waals surface area (Å²) in [6.45, 7) is 18.2. The molecule has 0 radical (unpaired) electrons. The van der Waals surface area contributed by atoms with E-state index in [4.69, 9.17) is 9.84 Å². The highest BCUT2D eigenvalue weighted by molar-refractivity contribution is 5.78. The number of hydrogen-bond donors (Lipinski definition) is 1. The van der Waals surface area contributed by atoms with E-state index in [1.807, 2.05) is 0 Å². The molecule has 1 aliphatic rings. The summed E-state index contributed by atoms with van der Waals surface area (Å²) >= 11 is 0. The number of carbonyl (C=O) groups excluding carboxylic acids is 2. The second kappa shape index (κ2) is 43.2. The molecule has 1 aliphatic heterocycles. The van der Waals surface area contributed by atoms with Gasteiger partial charge in [0.05, 0.1) is 13.7 Å². The lowest BCUT2D eigenvalue weighted by Crippen LogP contribution is -2.56. The van der Waals surface area contributed by atoms with Crippen LogP contribution in [0.3, 0.4) is 0 Å². The van der Waals surface area contributed by atoms with Crippen molar-refractivity contribution in [3.63, 3.8) is 0 Å². The van der Waals surface area contributed by atoms with Crippen molar-refractivity contribution in [3.8, 4) is 0 Å². The van der Waals surface area contributed by atoms with E-state index in [-0.39, 0.29) is 18.3 Å². The first-order chi connectivity index (χ1) is 30.3. The summed E-state index contributed by atoms with van der Waals surface area (Å²) in [5, 5.41) is 14.3. The van der Waals surface area contributed by atoms with Crippen LogP contribution in [0.25, 0.3) is 0 Å². The Bertz CT molecular complexity index is 1010. The first-order valence-corrected chi connectivity index (χ1v) is 26.8. The van der Waals surface area contributed by atoms with Gasteiger partial charge in [-0.05, 0) is 64.6 Å². The SMILES string of the molecule is CCCCCCCCCN(CCCCCCCC(=O)OC)CCN(CCCCCCCC(=O)O)CC(=O)N1CCN(N(CCCCCCCCC)CCCCCCCCC)CC1. The van der Waals surface area contributed by atoms with Crippen molar-refractivity contribution in [1.29, 1.82) is 0 Å². The van der Waals surface area contributed by atoms with Gasteiger partial charge < -0.3 is 19.6 Å². The van der Waals surface area contributed by atoms with E-state index in [1.165, 1.54) is 155 Å². The molecule has 1 N–H and O–H groups in total. The Hall–Kier alpha value is -1.75. The normalized spacial score (nSPS) is 13.6. The van der Waals surface area contributed by atoms with Crippen molar-refractivity contribution in [2.75, 3.05) is 85.6 Å². The van der Waals surface area contributed by atoms with Gasteiger partial charge in [-0.15, -0.1) is 0 Å². The van der Waals surface area contributed by atoms with Gasteiger partial charge in [0.2, 0.25) is 5.91 Å². The second-order valence-electron chi connectivity index (χ2n) is 18.8. The third kappa shape index (κ3) is 34.6. The minimum absolute atomic E-state index is 0.107. The molecule has 62 heavy (non-hydrogen) atoms. The summed E-state index contributed by atoms with van der Waals surface area (Å²) in [5.74, 6) is -0.532. The Balaban J connectivity index is 2.83. The average Bonchev–Trinajstić information content (AvgIpc) is 3.27. The van der Waals surface area contributed by atoms with Gasteiger partial charge in [0.1, 0.15) is 0 Å². The number of carboxylic acids is 1. The highest BCUT2D eigenvalue weighted by atomic mass is 16.5. The van der Waals surface area contributed by atoms with Gasteiger partial charge in [0, 0.05) is 65.2 Å². The third-order valence-electron chi connectivity index (χ3n) is 13.2. The number of amides is 1. The van der Waals surface area contributed by atoms with Gasteiger partial charge >= 0.3 is 11.9 Å². The van der Waals surface area contributed by atoms with E-state index in [0.29, 0.717) is 13.0 Å². The molecular formula is C52H103N5O5. The molecule has 0 aliphatic carbocycles. The van der Waals surface area contributed by atoms with Gasteiger partial charge in [-0.1, -0.05) is 175 Å². The number of methoxy groups -OCH3 is 1. The van der Waals surface area contributed by atoms with Gasteiger partial charge in [-0.2, -0.15) is 0 Å². The molecule has 1 fully saturated rings. The Morgan fingerprint density at radius 2 is 0.790 bits per heavy atom. The number of carboxylic acid groups (broad SMARTS) is 1. The summed E-state index contributed by atoms with van der Waals surface area (Å²) in [6, 6.07) is 0. The molecule has 0 saturated carbocycles. The number of esters is 1. The third-order valence-corrected chi connectivity index (χ3v) is 13.2. The fraction of sp³-hybridized carbons (Fsp3) is 0.942. The molecule has 366 valence electrons. The zero-order valence-electron chi connectivity index (χ0n) is 41.6. The van der Waals surface area contributed by atoms with Crippen LogP contribution in [-0.4, -0.2) is 133 Å². The smallest absolute Gasteiger partial charge is 0.305 e. The predicted octanol–water partition coefficient (Wildman–Crippen LogP) is 12.1. The molecule has 0 aromatic carbocycles. The van der Waals surface area contributed by atoms with E-state index in [2.05, 4.69) is 45.5 Å². The van der Waals surface area contributed by atoms with Crippen LogP contribution in [0.2, 0.25) is 0 Å². The maximum Gasteiger partial charge on any atom is 0.305 e. The number of hydrogen-bond acceptors (Lipinski definition) is 8. The molecule has 0 aromatic rings. The zero-order chi connectivity index (χ0) is 45.1. The van der Waals surface area contributed by atoms with Crippen LogP contribution in [0.15, 0.2) is 0 Å². The lowest BCUT2D eigenvalue weighted by Gasteiger charge is -2.42. The van der Waals surface area contributed by atoms with Crippen LogP contribution >= 0.6 is 0 Å². The van der Waals surface area contributed by atoms with Crippen LogP contribution in [-0.2, 0) is 19.1 Å². The number of ether oxygens (including phenoxy) is 1. The molecule has 0 bridgehead atoms. The average molecular weight is 878 g/mol. The molecule has 0 unspecified atom stereocenters. The van der Waals surface area contributed by atoms with Crippen molar-refractivity contribution < 1.29 is 24.2 Å². The van der Waals surface area contributed by atoms with Crippen molar-refractivity contribution in [2.24, 2.45) is 0 Å². The van der Waals surface area contributed by atoms with E-state index >= 15 is 0 Å². The Kier molecular flexibility index (Phi) is 40.6. The number of piperazine rings is 1. The molecule has 1 amide bonds. The molecule has 10 heteroatoms. The van der Waals surface area contributed by atoms with Gasteiger partial charge in [0.25, 0.3) is 0 Å². The monoisotopic (exact) mass is 878 g/mol. The molecule has 0 atom stereocenters. The van der Waals surface area contributed by atoms with E-state index in [0.717, 1.165) is 123 Å². The first-order valence-electron chi connectivity index (χ1n) is 26.8. The largest absolute Gasteiger partial charge is 0.481 e. The lowest BCUT2D eigenvalue weighted by atomic mass is 10.1. The highest BCUT2D eigenvalue weighted by Gasteiger charge is 2.26. The Morgan fingerprint density at radius 3 is 1.21 bits per heavy atom. The van der Waals surface area contributed by atoms with Crippen LogP contribution in [0, 0.1) is 0 Å². The van der Waals surface area contributed by atoms with Crippen LogP contribution in [0.4, 0.5) is 0 Å². The zero-order valence-corrected chi connectivity index (χ0v) is 41.6. The van der Waals surface area contributed by atoms with Crippen molar-refractivity contribution in [3.05, 3.63) is 0 Å². The molecule has 10 nitrogen and oxygen atoms in total. The molecule has 0 aromatic heterocycles. The maximum absolute atomic E-state index is 14.0. The van der Waals surface area contributed by atoms with E-state index in [9.17, 15) is 14.4 Å². The standard InChI is InChI=1S/C52H103N5O5/c1-5-8-11-14-17-24-31-38-53(39-32-25-21-23-30-37-52(61)62-4)43-44-54(40-33-26-20-22-29-36-51(59)60)49-50(58)55-45-47-57(48-46-55)56(41-34-27-18-15-12-9-6-2)42-35-28-19-16-13-10-7-3/h5-49H2,1-4H3,(H,59,60). The summed E-state index contributed by atoms with van der Waals surface area (Å²) in [4.78, 5) is 43.8. The van der Waals surface area contributed by atoms with Gasteiger partial charge in [-0.25, -0.2) is 10.0 Å². The van der Waals surface area contributed by atoms with E-state index < -0.39 is 5.97 Å². The van der Waals surface area contributed by atoms with Gasteiger partial charge in [0.15, 0.2) is 0 Å². The minimum atomic E-state index is -0.704. The number of aliphatic carboxylic acids is 1. The first kappa shape index (κ1) is 58.3. The number of carbonyl (C=O) groups is 3. The van der Waals surface area contributed by atoms with Crippen molar-refractivity contribution in [2.45, 2.75) is 233 Å². The van der Waals surface area contributed by atoms with Gasteiger partial charge in [-0.3, -0.25) is 19.3 Å². The predicted molar refractivity (Wildman–Crippen MR) is 262 cm³/mol. The van der Waals surface area contributed by atoms with Crippen molar-refractivity contribution in [1.82, 2.24) is 24.7 Å². The molecule has 1 rings (SSSR count). The summed E-state index contributed by atoms with van der Waals surface area (Å²) < 4.78 is 4.81. The summed E-state index contributed by atoms with van der Waals surface area (Å²) in [7, 11) is 1.47. The van der Waals surface area contributed by atoms with Crippen molar-refractivity contribution >= 4 is 17.8 Å². The topological polar surface area (TPSA) is 96.9 Å². The molecular weight excluding hydrogens is 775 g/mol. The molecule has 0 spiro atoms. The lowest BCUT2D eigenvalue weighted by molar-refractivity contribution is -0.141. The molecule has 1 heterocycles. The Morgan fingerprint density at radius 1 is 0.435 bits per heavy atom. The van der Waals surface area contributed by atoms with Crippen LogP contribution in [0.5, 0.6) is 0 Å². The number of unbranched alkanes of at least 4 members (excludes halogenated alkanes) is 26.